The van der Waals surface area contributed by atoms with Gasteiger partial charge >= 0.3 is 6.03 Å². The Bertz CT molecular complexity index is 1230. The lowest BCUT2D eigenvalue weighted by Gasteiger charge is -2.24. The maximum atomic E-state index is 12.8. The minimum Gasteiger partial charge on any atom is -0.358 e. The molecule has 2 atom stereocenters. The number of urea groups is 1. The molecule has 0 bridgehead atoms. The third kappa shape index (κ3) is 3.26. The van der Waals surface area contributed by atoms with E-state index < -0.39 is 17.5 Å². The van der Waals surface area contributed by atoms with Gasteiger partial charge in [-0.3, -0.25) is 14.9 Å². The number of hydrogen-bond acceptors (Lipinski definition) is 3. The van der Waals surface area contributed by atoms with Gasteiger partial charge in [0.2, 0.25) is 0 Å². The molecule has 1 fully saturated rings. The molecule has 5 rings (SSSR count). The molecule has 0 spiro atoms. The minimum absolute atomic E-state index is 0.0663. The summed E-state index contributed by atoms with van der Waals surface area (Å²) in [5.41, 5.74) is 4.96. The molecule has 3 aromatic rings. The van der Waals surface area contributed by atoms with Crippen LogP contribution in [0.4, 0.5) is 4.79 Å². The van der Waals surface area contributed by atoms with E-state index in [2.05, 4.69) is 46.1 Å². The molecule has 0 saturated carbocycles. The third-order valence-electron chi connectivity index (χ3n) is 6.45. The molecule has 4 N–H and O–H groups in total. The highest BCUT2D eigenvalue weighted by Crippen LogP contribution is 2.30. The molecular weight excluding hydrogens is 392 g/mol. The highest BCUT2D eigenvalue weighted by molar-refractivity contribution is 6.07. The molecule has 1 aliphatic heterocycles. The number of aromatic nitrogens is 1. The van der Waals surface area contributed by atoms with Gasteiger partial charge in [0.15, 0.2) is 0 Å². The maximum Gasteiger partial charge on any atom is 0.322 e. The molecule has 2 unspecified atom stereocenters. The van der Waals surface area contributed by atoms with Crippen LogP contribution < -0.4 is 16.0 Å². The van der Waals surface area contributed by atoms with E-state index in [1.807, 2.05) is 0 Å². The van der Waals surface area contributed by atoms with Gasteiger partial charge in [-0.25, -0.2) is 4.79 Å². The van der Waals surface area contributed by atoms with Gasteiger partial charge in [0.25, 0.3) is 11.8 Å². The second kappa shape index (κ2) is 6.97. The minimum atomic E-state index is -1.13. The predicted molar refractivity (Wildman–Crippen MR) is 117 cm³/mol. The third-order valence-corrected chi connectivity index (χ3v) is 6.45. The largest absolute Gasteiger partial charge is 0.358 e. The summed E-state index contributed by atoms with van der Waals surface area (Å²) < 4.78 is 0. The molecule has 2 aromatic carbocycles. The van der Waals surface area contributed by atoms with Crippen LogP contribution in [0.5, 0.6) is 0 Å². The highest BCUT2D eigenvalue weighted by atomic mass is 16.2. The monoisotopic (exact) mass is 416 g/mol. The van der Waals surface area contributed by atoms with Crippen molar-refractivity contribution in [2.75, 3.05) is 0 Å². The highest BCUT2D eigenvalue weighted by Gasteiger charge is 2.43. The van der Waals surface area contributed by atoms with Gasteiger partial charge in [-0.05, 0) is 68.5 Å². The van der Waals surface area contributed by atoms with E-state index in [0.717, 1.165) is 24.8 Å². The summed E-state index contributed by atoms with van der Waals surface area (Å²) >= 11 is 0. The number of H-pyrrole nitrogens is 1. The van der Waals surface area contributed by atoms with E-state index >= 15 is 0 Å². The van der Waals surface area contributed by atoms with E-state index in [-0.39, 0.29) is 11.9 Å². The van der Waals surface area contributed by atoms with Crippen molar-refractivity contribution in [3.8, 4) is 0 Å². The number of imide groups is 1. The van der Waals surface area contributed by atoms with Crippen LogP contribution in [0, 0.1) is 6.92 Å². The van der Waals surface area contributed by atoms with Crippen LogP contribution in [-0.4, -0.2) is 28.9 Å². The fraction of sp³-hybridized carbons (Fsp3) is 0.292. The van der Waals surface area contributed by atoms with Crippen molar-refractivity contribution in [1.82, 2.24) is 20.9 Å². The van der Waals surface area contributed by atoms with Crippen molar-refractivity contribution in [3.05, 3.63) is 70.4 Å². The molecule has 1 aromatic heterocycles. The number of nitrogens with one attached hydrogen (secondary N) is 4. The molecule has 0 radical (unpaired) electrons. The summed E-state index contributed by atoms with van der Waals surface area (Å²) in [6.07, 6.45) is 2.58. The van der Waals surface area contributed by atoms with E-state index in [1.165, 1.54) is 22.2 Å². The summed E-state index contributed by atoms with van der Waals surface area (Å²) in [7, 11) is 0. The number of hydrogen-bond donors (Lipinski definition) is 4. The summed E-state index contributed by atoms with van der Waals surface area (Å²) in [6.45, 7) is 3.73. The topological polar surface area (TPSA) is 103 Å². The Morgan fingerprint density at radius 3 is 2.61 bits per heavy atom. The van der Waals surface area contributed by atoms with E-state index in [0.29, 0.717) is 11.1 Å². The first-order chi connectivity index (χ1) is 14.8. The fourth-order valence-corrected chi connectivity index (χ4v) is 4.62. The zero-order valence-electron chi connectivity index (χ0n) is 17.5. The first-order valence-corrected chi connectivity index (χ1v) is 10.5. The Morgan fingerprint density at radius 2 is 1.90 bits per heavy atom. The average Bonchev–Trinajstić information content (AvgIpc) is 3.24. The maximum absolute atomic E-state index is 12.8. The van der Waals surface area contributed by atoms with Crippen LogP contribution in [0.2, 0.25) is 0 Å². The Morgan fingerprint density at radius 1 is 1.13 bits per heavy atom. The summed E-state index contributed by atoms with van der Waals surface area (Å²) in [5, 5.41) is 9.28. The number of aryl methyl sites for hydroxylation is 2. The number of carbonyl (C=O) groups excluding carboxylic acids is 3. The van der Waals surface area contributed by atoms with Crippen molar-refractivity contribution >= 4 is 28.7 Å². The molecule has 1 aliphatic carbocycles. The van der Waals surface area contributed by atoms with Gasteiger partial charge in [-0.15, -0.1) is 0 Å². The zero-order chi connectivity index (χ0) is 21.8. The summed E-state index contributed by atoms with van der Waals surface area (Å²) in [6, 6.07) is 12.8. The van der Waals surface area contributed by atoms with Gasteiger partial charge in [-0.2, -0.15) is 0 Å². The van der Waals surface area contributed by atoms with Crippen LogP contribution >= 0.6 is 0 Å². The molecule has 158 valence electrons. The smallest absolute Gasteiger partial charge is 0.322 e. The number of rotatable bonds is 3. The van der Waals surface area contributed by atoms with Crippen LogP contribution in [0.25, 0.3) is 10.9 Å². The Balaban J connectivity index is 1.31. The van der Waals surface area contributed by atoms with Crippen molar-refractivity contribution in [1.29, 1.82) is 0 Å². The van der Waals surface area contributed by atoms with E-state index in [4.69, 9.17) is 0 Å². The van der Waals surface area contributed by atoms with Crippen LogP contribution in [-0.2, 0) is 23.2 Å². The number of carbonyl (C=O) groups is 3. The van der Waals surface area contributed by atoms with Crippen molar-refractivity contribution < 1.29 is 14.4 Å². The second-order valence-corrected chi connectivity index (χ2v) is 8.65. The van der Waals surface area contributed by atoms with Crippen molar-refractivity contribution in [2.45, 2.75) is 44.7 Å². The van der Waals surface area contributed by atoms with Crippen LogP contribution in [0.3, 0.4) is 0 Å². The Hall–Kier alpha value is -3.61. The Kier molecular flexibility index (Phi) is 4.36. The summed E-state index contributed by atoms with van der Waals surface area (Å²) in [5.74, 6) is -0.539. The van der Waals surface area contributed by atoms with Gasteiger partial charge in [0, 0.05) is 28.2 Å². The molecule has 2 aliphatic rings. The summed E-state index contributed by atoms with van der Waals surface area (Å²) in [4.78, 5) is 40.0. The SMILES string of the molecule is Cc1ccc2[nH]c3c(c2c1)CC(NC(=O)c1ccc(C2(C)NC(=O)NC2=O)cc1)CC3. The first-order valence-electron chi connectivity index (χ1n) is 10.5. The van der Waals surface area contributed by atoms with Gasteiger partial charge in [0.1, 0.15) is 5.54 Å². The molecule has 1 saturated heterocycles. The molecule has 7 nitrogen and oxygen atoms in total. The van der Waals surface area contributed by atoms with E-state index in [9.17, 15) is 14.4 Å². The van der Waals surface area contributed by atoms with E-state index in [1.54, 1.807) is 31.2 Å². The van der Waals surface area contributed by atoms with Crippen molar-refractivity contribution in [3.63, 3.8) is 0 Å². The number of aromatic amines is 1. The predicted octanol–water partition coefficient (Wildman–Crippen LogP) is 2.82. The zero-order valence-corrected chi connectivity index (χ0v) is 17.5. The number of benzene rings is 2. The number of amides is 4. The van der Waals surface area contributed by atoms with Crippen LogP contribution in [0.15, 0.2) is 42.5 Å². The Labute approximate surface area is 179 Å². The van der Waals surface area contributed by atoms with Crippen LogP contribution in [0.1, 0.15) is 46.1 Å². The molecule has 7 heteroatoms. The fourth-order valence-electron chi connectivity index (χ4n) is 4.62. The molecule has 31 heavy (non-hydrogen) atoms. The van der Waals surface area contributed by atoms with Crippen molar-refractivity contribution in [2.24, 2.45) is 0 Å². The quantitative estimate of drug-likeness (QED) is 0.494. The lowest BCUT2D eigenvalue weighted by Crippen LogP contribution is -2.41. The lowest BCUT2D eigenvalue weighted by molar-refractivity contribution is -0.123. The second-order valence-electron chi connectivity index (χ2n) is 8.65. The molecule has 2 heterocycles. The van der Waals surface area contributed by atoms with Gasteiger partial charge < -0.3 is 15.6 Å². The molecular formula is C24H24N4O3. The standard InChI is InChI=1S/C24H24N4O3/c1-13-3-9-19-17(11-13)18-12-16(8-10-20(18)26-19)25-21(29)14-4-6-15(7-5-14)24(2)22(30)27-23(31)28-24/h3-7,9,11,16,26H,8,10,12H2,1-2H3,(H,25,29)(H2,27,28,30,31). The molecule has 4 amide bonds. The number of fused-ring (bicyclic) bond motifs is 3. The lowest BCUT2D eigenvalue weighted by atomic mass is 9.90. The normalized spacial score (nSPS) is 22.7. The first kappa shape index (κ1) is 19.4. The van der Waals surface area contributed by atoms with Gasteiger partial charge in [0.05, 0.1) is 0 Å². The van der Waals surface area contributed by atoms with Gasteiger partial charge in [-0.1, -0.05) is 23.8 Å². The average molecular weight is 416 g/mol.